The fraction of sp³-hybridized carbons (Fsp3) is 0.133. The lowest BCUT2D eigenvalue weighted by molar-refractivity contribution is -0.128. The van der Waals surface area contributed by atoms with Crippen LogP contribution in [0.2, 0.25) is 0 Å². The van der Waals surface area contributed by atoms with Crippen LogP contribution < -0.4 is 0 Å². The summed E-state index contributed by atoms with van der Waals surface area (Å²) >= 11 is 0. The molecule has 4 aromatic carbocycles. The Morgan fingerprint density at radius 2 is 1.28 bits per heavy atom. The molecule has 0 atom stereocenters. The van der Waals surface area contributed by atoms with Crippen LogP contribution in [0.25, 0.3) is 10.8 Å². The molecule has 0 saturated heterocycles. The normalized spacial score (nSPS) is 11.0. The van der Waals surface area contributed by atoms with Crippen LogP contribution in [0, 0.1) is 41.1 Å². The van der Waals surface area contributed by atoms with Crippen molar-refractivity contribution in [3.8, 4) is 23.7 Å². The van der Waals surface area contributed by atoms with Crippen molar-refractivity contribution >= 4 is 10.8 Å². The molecule has 0 saturated carbocycles. The van der Waals surface area contributed by atoms with Gasteiger partial charge in [-0.3, -0.25) is 0 Å². The third-order valence-corrected chi connectivity index (χ3v) is 5.53. The van der Waals surface area contributed by atoms with Crippen LogP contribution in [0.3, 0.4) is 0 Å². The Balaban J connectivity index is 1.59. The molecule has 0 unspecified atom stereocenters. The molecule has 0 nitrogen and oxygen atoms in total. The van der Waals surface area contributed by atoms with E-state index in [1.54, 1.807) is 24.3 Å². The zero-order valence-electron chi connectivity index (χ0n) is 19.0. The van der Waals surface area contributed by atoms with E-state index in [1.807, 2.05) is 24.3 Å². The van der Waals surface area contributed by atoms with Gasteiger partial charge in [0.1, 0.15) is 17.5 Å². The Hall–Kier alpha value is -4.16. The number of halogens is 6. The van der Waals surface area contributed by atoms with E-state index < -0.39 is 35.6 Å². The molecule has 0 aromatic heterocycles. The van der Waals surface area contributed by atoms with E-state index in [-0.39, 0.29) is 16.5 Å². The predicted molar refractivity (Wildman–Crippen MR) is 128 cm³/mol. The van der Waals surface area contributed by atoms with Gasteiger partial charge in [0.05, 0.1) is 12.0 Å². The third kappa shape index (κ3) is 5.90. The lowest BCUT2D eigenvalue weighted by Gasteiger charge is -2.08. The zero-order valence-corrected chi connectivity index (χ0v) is 19.0. The highest BCUT2D eigenvalue weighted by molar-refractivity contribution is 5.86. The van der Waals surface area contributed by atoms with Crippen LogP contribution in [-0.2, 0) is 12.8 Å². The highest BCUT2D eigenvalue weighted by Crippen LogP contribution is 2.26. The molecule has 4 aromatic rings. The number of hydrogen-bond acceptors (Lipinski definition) is 0. The van der Waals surface area contributed by atoms with Crippen molar-refractivity contribution in [1.29, 1.82) is 0 Å². The monoisotopic (exact) mass is 492 g/mol. The van der Waals surface area contributed by atoms with Crippen LogP contribution >= 0.6 is 0 Å². The first-order valence-electron chi connectivity index (χ1n) is 11.0. The summed E-state index contributed by atoms with van der Waals surface area (Å²) in [4.78, 5) is 0. The average molecular weight is 492 g/mol. The van der Waals surface area contributed by atoms with Crippen molar-refractivity contribution in [2.24, 2.45) is 0 Å². The van der Waals surface area contributed by atoms with Gasteiger partial charge >= 0.3 is 6.18 Å². The summed E-state index contributed by atoms with van der Waals surface area (Å²) in [7, 11) is 0. The summed E-state index contributed by atoms with van der Waals surface area (Å²) in [6, 6.07) is 17.4. The van der Waals surface area contributed by atoms with Crippen LogP contribution in [0.1, 0.15) is 40.3 Å². The topological polar surface area (TPSA) is 0 Å². The van der Waals surface area contributed by atoms with Crippen LogP contribution in [0.4, 0.5) is 26.3 Å². The molecule has 0 heterocycles. The molecule has 0 bridgehead atoms. The van der Waals surface area contributed by atoms with Gasteiger partial charge in [0, 0.05) is 27.6 Å². The van der Waals surface area contributed by atoms with Crippen molar-refractivity contribution in [3.63, 3.8) is 0 Å². The number of aryl methyl sites for hydroxylation is 1. The van der Waals surface area contributed by atoms with Gasteiger partial charge in [0.15, 0.2) is 0 Å². The van der Waals surface area contributed by atoms with E-state index >= 15 is 4.39 Å². The second-order valence-corrected chi connectivity index (χ2v) is 8.12. The van der Waals surface area contributed by atoms with Gasteiger partial charge in [-0.05, 0) is 59.8 Å². The maximum absolute atomic E-state index is 15.0. The molecule has 0 radical (unpaired) electrons. The van der Waals surface area contributed by atoms with Crippen molar-refractivity contribution in [3.05, 3.63) is 118 Å². The van der Waals surface area contributed by atoms with E-state index in [2.05, 4.69) is 30.6 Å². The number of alkyl halides is 3. The Kier molecular flexibility index (Phi) is 7.08. The minimum absolute atomic E-state index is 0.0162. The van der Waals surface area contributed by atoms with Crippen LogP contribution in [0.5, 0.6) is 0 Å². The SMILES string of the molecule is CCc1ccc(C#Cc2ccc3c(F)c(C#Cc4cc(F)c(CC(F)(F)F)c(F)c4)ccc3c2)cc1. The Bertz CT molecular complexity index is 1530. The largest absolute Gasteiger partial charge is 0.393 e. The molecule has 0 N–H and O–H groups in total. The van der Waals surface area contributed by atoms with Crippen LogP contribution in [0.15, 0.2) is 66.7 Å². The molecule has 4 rings (SSSR count). The van der Waals surface area contributed by atoms with Crippen molar-refractivity contribution in [1.82, 2.24) is 0 Å². The Morgan fingerprint density at radius 1 is 0.667 bits per heavy atom. The summed E-state index contributed by atoms with van der Waals surface area (Å²) in [6.07, 6.45) is -5.54. The van der Waals surface area contributed by atoms with E-state index in [9.17, 15) is 22.0 Å². The second kappa shape index (κ2) is 10.2. The first kappa shape index (κ1) is 24.9. The number of benzene rings is 4. The van der Waals surface area contributed by atoms with Gasteiger partial charge in [-0.15, -0.1) is 0 Å². The van der Waals surface area contributed by atoms with Crippen molar-refractivity contribution in [2.45, 2.75) is 25.9 Å². The number of hydrogen-bond donors (Lipinski definition) is 0. The molecule has 0 aliphatic rings. The highest BCUT2D eigenvalue weighted by atomic mass is 19.4. The van der Waals surface area contributed by atoms with Crippen LogP contribution in [-0.4, -0.2) is 6.18 Å². The molecule has 0 amide bonds. The third-order valence-electron chi connectivity index (χ3n) is 5.53. The quantitative estimate of drug-likeness (QED) is 0.199. The fourth-order valence-electron chi connectivity index (χ4n) is 3.62. The van der Waals surface area contributed by atoms with Crippen molar-refractivity contribution < 1.29 is 26.3 Å². The fourth-order valence-corrected chi connectivity index (χ4v) is 3.62. The number of rotatable bonds is 2. The summed E-state index contributed by atoms with van der Waals surface area (Å²) in [5, 5.41) is 0.886. The molecular weight excluding hydrogens is 474 g/mol. The van der Waals surface area contributed by atoms with Gasteiger partial charge in [-0.25, -0.2) is 13.2 Å². The second-order valence-electron chi connectivity index (χ2n) is 8.12. The molecule has 0 aliphatic heterocycles. The maximum Gasteiger partial charge on any atom is 0.393 e. The van der Waals surface area contributed by atoms with Crippen molar-refractivity contribution in [2.75, 3.05) is 0 Å². The summed E-state index contributed by atoms with van der Waals surface area (Å²) in [5.41, 5.74) is 1.48. The minimum atomic E-state index is -4.76. The molecular formula is C30H18F6. The lowest BCUT2D eigenvalue weighted by Crippen LogP contribution is -2.14. The molecule has 0 spiro atoms. The summed E-state index contributed by atoms with van der Waals surface area (Å²) in [5.74, 6) is 7.73. The zero-order chi connectivity index (χ0) is 25.9. The van der Waals surface area contributed by atoms with E-state index in [1.165, 1.54) is 11.6 Å². The minimum Gasteiger partial charge on any atom is -0.207 e. The van der Waals surface area contributed by atoms with Gasteiger partial charge in [-0.2, -0.15) is 13.2 Å². The molecule has 6 heteroatoms. The van der Waals surface area contributed by atoms with Gasteiger partial charge in [0.2, 0.25) is 0 Å². The number of fused-ring (bicyclic) bond motifs is 1. The van der Waals surface area contributed by atoms with Gasteiger partial charge in [-0.1, -0.05) is 54.9 Å². The first-order valence-corrected chi connectivity index (χ1v) is 11.0. The maximum atomic E-state index is 15.0. The summed E-state index contributed by atoms with van der Waals surface area (Å²) in [6.45, 7) is 2.07. The summed E-state index contributed by atoms with van der Waals surface area (Å²) < 4.78 is 80.5. The van der Waals surface area contributed by atoms with E-state index in [0.717, 1.165) is 12.0 Å². The van der Waals surface area contributed by atoms with E-state index in [0.29, 0.717) is 23.1 Å². The first-order chi connectivity index (χ1) is 17.1. The molecule has 36 heavy (non-hydrogen) atoms. The predicted octanol–water partition coefficient (Wildman–Crippen LogP) is 7.72. The molecule has 180 valence electrons. The Labute approximate surface area is 204 Å². The standard InChI is InChI=1S/C30H18F6/c1-2-19-3-5-20(6-4-19)7-8-21-10-14-25-24(15-21)13-12-23(29(25)33)11-9-22-16-27(31)26(28(32)17-22)18-30(34,35)36/h3-6,10,12-17H,2,18H2,1H3. The lowest BCUT2D eigenvalue weighted by atomic mass is 10.0. The van der Waals surface area contributed by atoms with Gasteiger partial charge < -0.3 is 0 Å². The Morgan fingerprint density at radius 3 is 1.92 bits per heavy atom. The average Bonchev–Trinajstić information content (AvgIpc) is 2.84. The molecule has 0 fully saturated rings. The van der Waals surface area contributed by atoms with Gasteiger partial charge in [0.25, 0.3) is 0 Å². The van der Waals surface area contributed by atoms with E-state index in [4.69, 9.17) is 0 Å². The highest BCUT2D eigenvalue weighted by Gasteiger charge is 2.31. The molecule has 0 aliphatic carbocycles. The smallest absolute Gasteiger partial charge is 0.207 e.